The molecule has 5 nitrogen and oxygen atoms in total. The predicted molar refractivity (Wildman–Crippen MR) is 85.5 cm³/mol. The number of nitrogens with zero attached hydrogens (tertiary/aromatic N) is 1. The Balaban J connectivity index is 1.37. The standard InChI is InChI=1S/C17H29N3O2/c21-16(13-5-4-6-13)18-15-9-11-20(12-10-15)17(22)19-14-7-2-1-3-8-14/h13-15H,1-12H2,(H,18,21)(H,19,22). The number of amides is 3. The van der Waals surface area contributed by atoms with Crippen molar-refractivity contribution in [3.63, 3.8) is 0 Å². The van der Waals surface area contributed by atoms with Crippen molar-refractivity contribution < 1.29 is 9.59 Å². The summed E-state index contributed by atoms with van der Waals surface area (Å²) >= 11 is 0. The largest absolute Gasteiger partial charge is 0.353 e. The fourth-order valence-corrected chi connectivity index (χ4v) is 3.73. The Kier molecular flexibility index (Phi) is 5.21. The number of rotatable bonds is 3. The molecule has 1 heterocycles. The maximum absolute atomic E-state index is 12.3. The Morgan fingerprint density at radius 3 is 1.95 bits per heavy atom. The lowest BCUT2D eigenvalue weighted by molar-refractivity contribution is -0.128. The maximum atomic E-state index is 12.3. The molecule has 3 rings (SSSR count). The summed E-state index contributed by atoms with van der Waals surface area (Å²) in [5.41, 5.74) is 0. The van der Waals surface area contributed by atoms with Gasteiger partial charge in [0.1, 0.15) is 0 Å². The van der Waals surface area contributed by atoms with E-state index in [1.807, 2.05) is 4.90 Å². The van der Waals surface area contributed by atoms with Crippen LogP contribution in [0, 0.1) is 5.92 Å². The number of hydrogen-bond donors (Lipinski definition) is 2. The molecule has 3 fully saturated rings. The van der Waals surface area contributed by atoms with Crippen molar-refractivity contribution in [1.29, 1.82) is 0 Å². The minimum atomic E-state index is 0.0932. The van der Waals surface area contributed by atoms with E-state index in [-0.39, 0.29) is 23.9 Å². The van der Waals surface area contributed by atoms with Crippen LogP contribution >= 0.6 is 0 Å². The Morgan fingerprint density at radius 2 is 1.36 bits per heavy atom. The van der Waals surface area contributed by atoms with Crippen LogP contribution in [0.4, 0.5) is 4.79 Å². The molecule has 0 bridgehead atoms. The van der Waals surface area contributed by atoms with Gasteiger partial charge in [0.25, 0.3) is 0 Å². The van der Waals surface area contributed by atoms with E-state index in [4.69, 9.17) is 0 Å². The van der Waals surface area contributed by atoms with Gasteiger partial charge in [0.2, 0.25) is 5.91 Å². The first-order valence-electron chi connectivity index (χ1n) is 9.08. The van der Waals surface area contributed by atoms with Crippen LogP contribution in [0.15, 0.2) is 0 Å². The Morgan fingerprint density at radius 1 is 0.727 bits per heavy atom. The lowest BCUT2D eigenvalue weighted by Crippen LogP contribution is -2.52. The number of urea groups is 1. The number of carbonyl (C=O) groups is 2. The Labute approximate surface area is 133 Å². The summed E-state index contributed by atoms with van der Waals surface area (Å²) in [6.45, 7) is 1.52. The third-order valence-corrected chi connectivity index (χ3v) is 5.54. The number of piperidine rings is 1. The van der Waals surface area contributed by atoms with Crippen molar-refractivity contribution in [3.8, 4) is 0 Å². The zero-order chi connectivity index (χ0) is 15.4. The molecule has 22 heavy (non-hydrogen) atoms. The van der Waals surface area contributed by atoms with E-state index in [1.54, 1.807) is 0 Å². The topological polar surface area (TPSA) is 61.4 Å². The summed E-state index contributed by atoms with van der Waals surface area (Å²) in [5.74, 6) is 0.490. The highest BCUT2D eigenvalue weighted by atomic mass is 16.2. The zero-order valence-electron chi connectivity index (χ0n) is 13.5. The lowest BCUT2D eigenvalue weighted by atomic mass is 9.84. The average molecular weight is 307 g/mol. The van der Waals surface area contributed by atoms with Gasteiger partial charge in [-0.2, -0.15) is 0 Å². The second-order valence-electron chi connectivity index (χ2n) is 7.18. The first-order chi connectivity index (χ1) is 10.7. The molecule has 1 saturated heterocycles. The van der Waals surface area contributed by atoms with Gasteiger partial charge in [0, 0.05) is 31.1 Å². The van der Waals surface area contributed by atoms with Crippen molar-refractivity contribution in [2.45, 2.75) is 76.3 Å². The van der Waals surface area contributed by atoms with Crippen molar-refractivity contribution in [2.24, 2.45) is 5.92 Å². The van der Waals surface area contributed by atoms with Crippen LogP contribution in [0.3, 0.4) is 0 Å². The molecule has 0 unspecified atom stereocenters. The third-order valence-electron chi connectivity index (χ3n) is 5.54. The van der Waals surface area contributed by atoms with E-state index < -0.39 is 0 Å². The highest BCUT2D eigenvalue weighted by molar-refractivity contribution is 5.79. The van der Waals surface area contributed by atoms with E-state index in [0.717, 1.165) is 51.6 Å². The second kappa shape index (κ2) is 7.34. The van der Waals surface area contributed by atoms with E-state index in [0.29, 0.717) is 6.04 Å². The van der Waals surface area contributed by atoms with Crippen molar-refractivity contribution in [2.75, 3.05) is 13.1 Å². The number of nitrogens with one attached hydrogen (secondary N) is 2. The van der Waals surface area contributed by atoms with Crippen LogP contribution in [0.5, 0.6) is 0 Å². The van der Waals surface area contributed by atoms with Crippen molar-refractivity contribution in [1.82, 2.24) is 15.5 Å². The van der Waals surface area contributed by atoms with Gasteiger partial charge in [-0.05, 0) is 38.5 Å². The van der Waals surface area contributed by atoms with Crippen molar-refractivity contribution in [3.05, 3.63) is 0 Å². The molecule has 0 radical (unpaired) electrons. The molecule has 2 N–H and O–H groups in total. The normalized spacial score (nSPS) is 24.6. The van der Waals surface area contributed by atoms with E-state index in [2.05, 4.69) is 10.6 Å². The summed E-state index contributed by atoms with van der Waals surface area (Å²) in [6.07, 6.45) is 11.1. The average Bonchev–Trinajstić information content (AvgIpc) is 2.47. The molecule has 2 saturated carbocycles. The van der Waals surface area contributed by atoms with Crippen molar-refractivity contribution >= 4 is 11.9 Å². The number of carbonyl (C=O) groups excluding carboxylic acids is 2. The monoisotopic (exact) mass is 307 g/mol. The Hall–Kier alpha value is -1.26. The third kappa shape index (κ3) is 3.93. The molecule has 2 aliphatic carbocycles. The van der Waals surface area contributed by atoms with Crippen LogP contribution in [0.25, 0.3) is 0 Å². The SMILES string of the molecule is O=C(NC1CCN(C(=O)NC2CCCCC2)CC1)C1CCC1. The number of likely N-dealkylation sites (tertiary alicyclic amines) is 1. The molecule has 0 aromatic carbocycles. The van der Waals surface area contributed by atoms with Crippen LogP contribution in [-0.4, -0.2) is 42.0 Å². The number of hydrogen-bond acceptors (Lipinski definition) is 2. The fourth-order valence-electron chi connectivity index (χ4n) is 3.73. The minimum absolute atomic E-state index is 0.0932. The van der Waals surface area contributed by atoms with Gasteiger partial charge in [-0.25, -0.2) is 4.79 Å². The lowest BCUT2D eigenvalue weighted by Gasteiger charge is -2.35. The highest BCUT2D eigenvalue weighted by Crippen LogP contribution is 2.26. The second-order valence-corrected chi connectivity index (χ2v) is 7.18. The Bertz CT molecular complexity index is 395. The smallest absolute Gasteiger partial charge is 0.317 e. The van der Waals surface area contributed by atoms with Crippen LogP contribution in [-0.2, 0) is 4.79 Å². The van der Waals surface area contributed by atoms with Gasteiger partial charge in [0.05, 0.1) is 0 Å². The first kappa shape index (κ1) is 15.6. The maximum Gasteiger partial charge on any atom is 0.317 e. The first-order valence-corrected chi connectivity index (χ1v) is 9.08. The predicted octanol–water partition coefficient (Wildman–Crippen LogP) is 2.41. The molecule has 5 heteroatoms. The quantitative estimate of drug-likeness (QED) is 0.841. The summed E-state index contributed by atoms with van der Waals surface area (Å²) in [4.78, 5) is 26.2. The molecule has 124 valence electrons. The van der Waals surface area contributed by atoms with Gasteiger partial charge in [0.15, 0.2) is 0 Å². The van der Waals surface area contributed by atoms with Gasteiger partial charge < -0.3 is 15.5 Å². The van der Waals surface area contributed by atoms with E-state index >= 15 is 0 Å². The zero-order valence-corrected chi connectivity index (χ0v) is 13.5. The summed E-state index contributed by atoms with van der Waals surface area (Å²) in [7, 11) is 0. The summed E-state index contributed by atoms with van der Waals surface area (Å²) < 4.78 is 0. The molecule has 3 aliphatic rings. The fraction of sp³-hybridized carbons (Fsp3) is 0.882. The van der Waals surface area contributed by atoms with Gasteiger partial charge >= 0.3 is 6.03 Å². The molecule has 0 atom stereocenters. The highest BCUT2D eigenvalue weighted by Gasteiger charge is 2.29. The minimum Gasteiger partial charge on any atom is -0.353 e. The van der Waals surface area contributed by atoms with Gasteiger partial charge in [-0.1, -0.05) is 25.7 Å². The molecule has 3 amide bonds. The molecular formula is C17H29N3O2. The van der Waals surface area contributed by atoms with E-state index in [1.165, 1.54) is 25.7 Å². The summed E-state index contributed by atoms with van der Waals surface area (Å²) in [5, 5.41) is 6.34. The molecule has 0 aromatic rings. The molecule has 0 aromatic heterocycles. The van der Waals surface area contributed by atoms with E-state index in [9.17, 15) is 9.59 Å². The van der Waals surface area contributed by atoms with Crippen LogP contribution < -0.4 is 10.6 Å². The van der Waals surface area contributed by atoms with Gasteiger partial charge in [-0.15, -0.1) is 0 Å². The van der Waals surface area contributed by atoms with Crippen LogP contribution in [0.1, 0.15) is 64.2 Å². The van der Waals surface area contributed by atoms with Gasteiger partial charge in [-0.3, -0.25) is 4.79 Å². The summed E-state index contributed by atoms with van der Waals surface area (Å²) in [6, 6.07) is 0.722. The van der Waals surface area contributed by atoms with Crippen LogP contribution in [0.2, 0.25) is 0 Å². The molecular weight excluding hydrogens is 278 g/mol. The molecule has 1 aliphatic heterocycles. The molecule has 0 spiro atoms.